The quantitative estimate of drug-likeness (QED) is 0.539. The summed E-state index contributed by atoms with van der Waals surface area (Å²) in [6.07, 6.45) is 6.17. The molecular weight excluding hydrogens is 232 g/mol. The molecule has 0 N–H and O–H groups in total. The van der Waals surface area contributed by atoms with Crippen LogP contribution >= 0.6 is 11.6 Å². The van der Waals surface area contributed by atoms with E-state index in [1.807, 2.05) is 6.07 Å². The first-order chi connectivity index (χ1) is 8.34. The molecule has 1 aliphatic carbocycles. The summed E-state index contributed by atoms with van der Waals surface area (Å²) in [5.41, 5.74) is 1.26. The van der Waals surface area contributed by atoms with Crippen molar-refractivity contribution < 1.29 is 4.74 Å². The average molecular weight is 253 g/mol. The van der Waals surface area contributed by atoms with Crippen LogP contribution in [0.2, 0.25) is 0 Å². The third-order valence-corrected chi connectivity index (χ3v) is 3.89. The Morgan fingerprint density at radius 3 is 2.71 bits per heavy atom. The number of halogens is 1. The van der Waals surface area contributed by atoms with Crippen molar-refractivity contribution in [1.82, 2.24) is 0 Å². The van der Waals surface area contributed by atoms with E-state index in [-0.39, 0.29) is 0 Å². The van der Waals surface area contributed by atoms with E-state index in [1.54, 1.807) is 0 Å². The van der Waals surface area contributed by atoms with Crippen LogP contribution in [-0.2, 0) is 11.3 Å². The summed E-state index contributed by atoms with van der Waals surface area (Å²) in [6, 6.07) is 10.4. The van der Waals surface area contributed by atoms with E-state index >= 15 is 0 Å². The molecule has 1 nitrogen and oxygen atoms in total. The molecule has 1 aliphatic rings. The SMILES string of the molecule is ClC1CCC(CCCOCc2ccccc2)C1. The summed E-state index contributed by atoms with van der Waals surface area (Å²) in [5, 5.41) is 0.435. The zero-order valence-corrected chi connectivity index (χ0v) is 11.0. The number of ether oxygens (including phenoxy) is 1. The topological polar surface area (TPSA) is 9.23 Å². The van der Waals surface area contributed by atoms with Crippen LogP contribution in [0.3, 0.4) is 0 Å². The lowest BCUT2D eigenvalue weighted by molar-refractivity contribution is 0.114. The monoisotopic (exact) mass is 252 g/mol. The van der Waals surface area contributed by atoms with E-state index in [9.17, 15) is 0 Å². The van der Waals surface area contributed by atoms with Crippen LogP contribution in [0.5, 0.6) is 0 Å². The van der Waals surface area contributed by atoms with E-state index in [0.29, 0.717) is 5.38 Å². The van der Waals surface area contributed by atoms with Gasteiger partial charge in [-0.25, -0.2) is 0 Å². The van der Waals surface area contributed by atoms with Crippen LogP contribution in [-0.4, -0.2) is 12.0 Å². The highest BCUT2D eigenvalue weighted by atomic mass is 35.5. The first kappa shape index (κ1) is 12.9. The number of hydrogen-bond donors (Lipinski definition) is 0. The fourth-order valence-corrected chi connectivity index (χ4v) is 2.89. The van der Waals surface area contributed by atoms with Crippen LogP contribution in [0, 0.1) is 5.92 Å². The fourth-order valence-electron chi connectivity index (χ4n) is 2.51. The van der Waals surface area contributed by atoms with Gasteiger partial charge in [0.2, 0.25) is 0 Å². The van der Waals surface area contributed by atoms with Gasteiger partial charge in [-0.3, -0.25) is 0 Å². The highest BCUT2D eigenvalue weighted by Crippen LogP contribution is 2.32. The minimum absolute atomic E-state index is 0.435. The molecule has 0 radical (unpaired) electrons. The third kappa shape index (κ3) is 4.69. The minimum Gasteiger partial charge on any atom is -0.377 e. The zero-order valence-electron chi connectivity index (χ0n) is 10.3. The molecule has 2 heteroatoms. The molecule has 0 spiro atoms. The van der Waals surface area contributed by atoms with Crippen molar-refractivity contribution in [3.05, 3.63) is 35.9 Å². The molecule has 94 valence electrons. The molecule has 0 aliphatic heterocycles. The molecule has 1 aromatic carbocycles. The van der Waals surface area contributed by atoms with E-state index in [4.69, 9.17) is 16.3 Å². The smallest absolute Gasteiger partial charge is 0.0716 e. The van der Waals surface area contributed by atoms with Gasteiger partial charge in [-0.2, -0.15) is 0 Å². The highest BCUT2D eigenvalue weighted by molar-refractivity contribution is 6.20. The van der Waals surface area contributed by atoms with Crippen LogP contribution in [0.15, 0.2) is 30.3 Å². The molecule has 17 heavy (non-hydrogen) atoms. The third-order valence-electron chi connectivity index (χ3n) is 3.49. The average Bonchev–Trinajstić information content (AvgIpc) is 2.76. The van der Waals surface area contributed by atoms with Crippen molar-refractivity contribution in [2.75, 3.05) is 6.61 Å². The number of hydrogen-bond acceptors (Lipinski definition) is 1. The molecule has 0 saturated heterocycles. The van der Waals surface area contributed by atoms with Gasteiger partial charge in [-0.15, -0.1) is 11.6 Å². The van der Waals surface area contributed by atoms with E-state index in [1.165, 1.54) is 37.7 Å². The maximum atomic E-state index is 6.10. The molecule has 2 atom stereocenters. The Labute approximate surface area is 109 Å². The molecule has 0 heterocycles. The molecule has 1 fully saturated rings. The lowest BCUT2D eigenvalue weighted by atomic mass is 10.0. The van der Waals surface area contributed by atoms with Crippen molar-refractivity contribution >= 4 is 11.6 Å². The Hall–Kier alpha value is -0.530. The van der Waals surface area contributed by atoms with Crippen LogP contribution in [0.25, 0.3) is 0 Å². The Bertz CT molecular complexity index is 312. The van der Waals surface area contributed by atoms with Gasteiger partial charge in [0, 0.05) is 12.0 Å². The van der Waals surface area contributed by atoms with Crippen molar-refractivity contribution in [2.24, 2.45) is 5.92 Å². The summed E-state index contributed by atoms with van der Waals surface area (Å²) in [6.45, 7) is 1.61. The highest BCUT2D eigenvalue weighted by Gasteiger charge is 2.21. The standard InChI is InChI=1S/C15H21ClO/c16-15-9-8-13(11-15)7-4-10-17-12-14-5-2-1-3-6-14/h1-3,5-6,13,15H,4,7-12H2. The Balaban J connectivity index is 1.52. The molecule has 0 amide bonds. The van der Waals surface area contributed by atoms with Gasteiger partial charge >= 0.3 is 0 Å². The van der Waals surface area contributed by atoms with Gasteiger partial charge < -0.3 is 4.74 Å². The van der Waals surface area contributed by atoms with Gasteiger partial charge in [0.25, 0.3) is 0 Å². The normalized spacial score (nSPS) is 24.1. The second-order valence-corrected chi connectivity index (χ2v) is 5.57. The molecule has 0 aromatic heterocycles. The summed E-state index contributed by atoms with van der Waals surface area (Å²) in [7, 11) is 0. The Morgan fingerprint density at radius 2 is 2.00 bits per heavy atom. The molecular formula is C15H21ClO. The van der Waals surface area contributed by atoms with E-state index in [2.05, 4.69) is 24.3 Å². The van der Waals surface area contributed by atoms with E-state index in [0.717, 1.165) is 19.1 Å². The number of rotatable bonds is 6. The summed E-state index contributed by atoms with van der Waals surface area (Å²) < 4.78 is 5.67. The first-order valence-electron chi connectivity index (χ1n) is 6.60. The van der Waals surface area contributed by atoms with Gasteiger partial charge in [0.05, 0.1) is 6.61 Å². The molecule has 1 saturated carbocycles. The van der Waals surface area contributed by atoms with Crippen molar-refractivity contribution in [2.45, 2.75) is 44.1 Å². The van der Waals surface area contributed by atoms with Crippen LogP contribution < -0.4 is 0 Å². The summed E-state index contributed by atoms with van der Waals surface area (Å²) >= 11 is 6.10. The van der Waals surface area contributed by atoms with Crippen molar-refractivity contribution in [3.63, 3.8) is 0 Å². The Morgan fingerprint density at radius 1 is 1.18 bits per heavy atom. The first-order valence-corrected chi connectivity index (χ1v) is 7.04. The molecule has 2 unspecified atom stereocenters. The number of benzene rings is 1. The fraction of sp³-hybridized carbons (Fsp3) is 0.600. The molecule has 0 bridgehead atoms. The summed E-state index contributed by atoms with van der Waals surface area (Å²) in [4.78, 5) is 0. The minimum atomic E-state index is 0.435. The van der Waals surface area contributed by atoms with Crippen molar-refractivity contribution in [1.29, 1.82) is 0 Å². The maximum absolute atomic E-state index is 6.10. The molecule has 1 aromatic rings. The van der Waals surface area contributed by atoms with Gasteiger partial charge in [0.15, 0.2) is 0 Å². The lowest BCUT2D eigenvalue weighted by Gasteiger charge is -2.09. The lowest BCUT2D eigenvalue weighted by Crippen LogP contribution is -2.00. The number of alkyl halides is 1. The predicted octanol–water partition coefficient (Wildman–Crippen LogP) is 4.39. The molecule has 2 rings (SSSR count). The Kier molecular flexibility index (Phi) is 5.34. The second kappa shape index (κ2) is 7.03. The van der Waals surface area contributed by atoms with Crippen LogP contribution in [0.1, 0.15) is 37.7 Å². The summed E-state index contributed by atoms with van der Waals surface area (Å²) in [5.74, 6) is 0.845. The second-order valence-electron chi connectivity index (χ2n) is 4.96. The van der Waals surface area contributed by atoms with Gasteiger partial charge in [-0.1, -0.05) is 30.3 Å². The van der Waals surface area contributed by atoms with Gasteiger partial charge in [-0.05, 0) is 43.6 Å². The zero-order chi connectivity index (χ0) is 11.9. The van der Waals surface area contributed by atoms with Crippen molar-refractivity contribution in [3.8, 4) is 0 Å². The van der Waals surface area contributed by atoms with Gasteiger partial charge in [0.1, 0.15) is 0 Å². The predicted molar refractivity (Wildman–Crippen MR) is 72.3 cm³/mol. The van der Waals surface area contributed by atoms with Crippen LogP contribution in [0.4, 0.5) is 0 Å². The maximum Gasteiger partial charge on any atom is 0.0716 e. The van der Waals surface area contributed by atoms with E-state index < -0.39 is 0 Å². The largest absolute Gasteiger partial charge is 0.377 e.